The van der Waals surface area contributed by atoms with Crippen molar-refractivity contribution in [1.29, 1.82) is 5.26 Å². The second-order valence-corrected chi connectivity index (χ2v) is 4.60. The number of nitrogens with zero attached hydrogens (tertiary/aromatic N) is 2. The monoisotopic (exact) mass is 268 g/mol. The van der Waals surface area contributed by atoms with Gasteiger partial charge in [0.05, 0.1) is 18.7 Å². The van der Waals surface area contributed by atoms with E-state index in [4.69, 9.17) is 9.68 Å². The topological polar surface area (TPSA) is 40.2 Å². The molecule has 2 heterocycles. The molecule has 1 fully saturated rings. The summed E-state index contributed by atoms with van der Waals surface area (Å²) in [7, 11) is 0. The summed E-state index contributed by atoms with van der Waals surface area (Å²) in [4.78, 5) is 2.19. The molecule has 1 aliphatic rings. The lowest BCUT2D eigenvalue weighted by atomic mass is 10.0. The molecule has 15 heavy (non-hydrogen) atoms. The van der Waals surface area contributed by atoms with Crippen LogP contribution in [0.2, 0.25) is 0 Å². The maximum atomic E-state index is 9.01. The highest BCUT2D eigenvalue weighted by Crippen LogP contribution is 2.21. The minimum atomic E-state index is 0.0580. The summed E-state index contributed by atoms with van der Waals surface area (Å²) in [5.74, 6) is 0.920. The third-order valence-electron chi connectivity index (χ3n) is 2.75. The fourth-order valence-corrected chi connectivity index (χ4v) is 2.30. The van der Waals surface area contributed by atoms with Crippen LogP contribution in [0.1, 0.15) is 25.0 Å². The summed E-state index contributed by atoms with van der Waals surface area (Å²) in [5.41, 5.74) is 0. The zero-order valence-corrected chi connectivity index (χ0v) is 10.0. The van der Waals surface area contributed by atoms with Gasteiger partial charge in [0.15, 0.2) is 4.67 Å². The Bertz CT molecular complexity index is 369. The number of hydrogen-bond donors (Lipinski definition) is 0. The number of rotatable bonds is 2. The number of hydrogen-bond acceptors (Lipinski definition) is 3. The van der Waals surface area contributed by atoms with Gasteiger partial charge in [-0.2, -0.15) is 5.26 Å². The first-order chi connectivity index (χ1) is 7.29. The van der Waals surface area contributed by atoms with Crippen LogP contribution in [0.15, 0.2) is 21.2 Å². The van der Waals surface area contributed by atoms with Crippen LogP contribution < -0.4 is 0 Å². The molecule has 1 unspecified atom stereocenters. The third kappa shape index (κ3) is 2.61. The Morgan fingerprint density at radius 2 is 2.40 bits per heavy atom. The van der Waals surface area contributed by atoms with E-state index in [1.165, 1.54) is 6.42 Å². The van der Waals surface area contributed by atoms with E-state index in [-0.39, 0.29) is 6.04 Å². The van der Waals surface area contributed by atoms with E-state index in [0.717, 1.165) is 36.4 Å². The molecule has 0 N–H and O–H groups in total. The summed E-state index contributed by atoms with van der Waals surface area (Å²) in [6.07, 6.45) is 3.33. The van der Waals surface area contributed by atoms with Gasteiger partial charge in [-0.3, -0.25) is 4.90 Å². The molecule has 3 nitrogen and oxygen atoms in total. The van der Waals surface area contributed by atoms with Crippen LogP contribution in [0.3, 0.4) is 0 Å². The van der Waals surface area contributed by atoms with E-state index in [0.29, 0.717) is 0 Å². The molecule has 80 valence electrons. The Morgan fingerprint density at radius 1 is 1.53 bits per heavy atom. The molecule has 1 aliphatic heterocycles. The number of likely N-dealkylation sites (tertiary alicyclic amines) is 1. The van der Waals surface area contributed by atoms with Gasteiger partial charge in [-0.05, 0) is 53.9 Å². The summed E-state index contributed by atoms with van der Waals surface area (Å²) >= 11 is 3.28. The normalized spacial score (nSPS) is 22.5. The minimum Gasteiger partial charge on any atom is -0.453 e. The smallest absolute Gasteiger partial charge is 0.169 e. The second-order valence-electron chi connectivity index (χ2n) is 3.82. The first-order valence-electron chi connectivity index (χ1n) is 5.17. The maximum Gasteiger partial charge on any atom is 0.169 e. The van der Waals surface area contributed by atoms with Gasteiger partial charge < -0.3 is 4.42 Å². The molecule has 1 saturated heterocycles. The van der Waals surface area contributed by atoms with E-state index in [1.807, 2.05) is 12.1 Å². The summed E-state index contributed by atoms with van der Waals surface area (Å²) < 4.78 is 6.20. The lowest BCUT2D eigenvalue weighted by molar-refractivity contribution is 0.163. The summed E-state index contributed by atoms with van der Waals surface area (Å²) in [6.45, 7) is 1.74. The summed E-state index contributed by atoms with van der Waals surface area (Å²) in [6, 6.07) is 6.25. The predicted octanol–water partition coefficient (Wildman–Crippen LogP) is 2.92. The minimum absolute atomic E-state index is 0.0580. The number of nitriles is 1. The number of halogens is 1. The Balaban J connectivity index is 2.01. The average molecular weight is 269 g/mol. The molecular formula is C11H13BrN2O. The molecule has 1 aromatic heterocycles. The maximum absolute atomic E-state index is 9.01. The van der Waals surface area contributed by atoms with E-state index >= 15 is 0 Å². The van der Waals surface area contributed by atoms with Gasteiger partial charge in [0, 0.05) is 0 Å². The first-order valence-corrected chi connectivity index (χ1v) is 5.97. The quantitative estimate of drug-likeness (QED) is 0.828. The highest BCUT2D eigenvalue weighted by atomic mass is 79.9. The van der Waals surface area contributed by atoms with Crippen molar-refractivity contribution in [2.75, 3.05) is 6.54 Å². The highest BCUT2D eigenvalue weighted by molar-refractivity contribution is 9.10. The van der Waals surface area contributed by atoms with Crippen LogP contribution in [0.25, 0.3) is 0 Å². The molecular weight excluding hydrogens is 256 g/mol. The fourth-order valence-electron chi connectivity index (χ4n) is 1.96. The molecule has 0 spiro atoms. The van der Waals surface area contributed by atoms with Gasteiger partial charge in [-0.25, -0.2) is 0 Å². The molecule has 0 aliphatic carbocycles. The molecule has 1 atom stereocenters. The Kier molecular flexibility index (Phi) is 3.45. The first kappa shape index (κ1) is 10.7. The highest BCUT2D eigenvalue weighted by Gasteiger charge is 2.22. The van der Waals surface area contributed by atoms with Crippen LogP contribution in [0.4, 0.5) is 0 Å². The van der Waals surface area contributed by atoms with Crippen LogP contribution in [-0.2, 0) is 6.54 Å². The lowest BCUT2D eigenvalue weighted by Crippen LogP contribution is -2.37. The van der Waals surface area contributed by atoms with Gasteiger partial charge in [-0.1, -0.05) is 0 Å². The van der Waals surface area contributed by atoms with Crippen LogP contribution >= 0.6 is 15.9 Å². The van der Waals surface area contributed by atoms with E-state index in [2.05, 4.69) is 26.9 Å². The van der Waals surface area contributed by atoms with Crippen molar-refractivity contribution in [3.8, 4) is 6.07 Å². The SMILES string of the molecule is N#CC1CCCCN1Cc1ccc(Br)o1. The van der Waals surface area contributed by atoms with Gasteiger partial charge in [0.1, 0.15) is 5.76 Å². The van der Waals surface area contributed by atoms with E-state index in [1.54, 1.807) is 0 Å². The van der Waals surface area contributed by atoms with E-state index < -0.39 is 0 Å². The van der Waals surface area contributed by atoms with Gasteiger partial charge >= 0.3 is 0 Å². The molecule has 0 amide bonds. The Labute approximate surface area is 97.8 Å². The molecule has 0 bridgehead atoms. The van der Waals surface area contributed by atoms with Crippen molar-refractivity contribution in [3.63, 3.8) is 0 Å². The zero-order valence-electron chi connectivity index (χ0n) is 8.45. The van der Waals surface area contributed by atoms with Crippen LogP contribution in [-0.4, -0.2) is 17.5 Å². The fraction of sp³-hybridized carbons (Fsp3) is 0.545. The van der Waals surface area contributed by atoms with Crippen molar-refractivity contribution in [2.24, 2.45) is 0 Å². The summed E-state index contributed by atoms with van der Waals surface area (Å²) in [5, 5.41) is 9.01. The Hall–Kier alpha value is -0.790. The molecule has 4 heteroatoms. The molecule has 0 radical (unpaired) electrons. The van der Waals surface area contributed by atoms with Crippen LogP contribution in [0, 0.1) is 11.3 Å². The largest absolute Gasteiger partial charge is 0.453 e. The molecule has 2 rings (SSSR count). The van der Waals surface area contributed by atoms with Gasteiger partial charge in [0.2, 0.25) is 0 Å². The van der Waals surface area contributed by atoms with Crippen molar-refractivity contribution in [3.05, 3.63) is 22.6 Å². The Morgan fingerprint density at radius 3 is 3.07 bits per heavy atom. The van der Waals surface area contributed by atoms with Crippen molar-refractivity contribution in [2.45, 2.75) is 31.8 Å². The molecule has 1 aromatic rings. The standard InChI is InChI=1S/C11H13BrN2O/c12-11-5-4-10(15-11)8-14-6-2-1-3-9(14)7-13/h4-5,9H,1-3,6,8H2. The van der Waals surface area contributed by atoms with E-state index in [9.17, 15) is 0 Å². The number of furan rings is 1. The molecule has 0 saturated carbocycles. The number of piperidine rings is 1. The van der Waals surface area contributed by atoms with Crippen molar-refractivity contribution in [1.82, 2.24) is 4.90 Å². The zero-order chi connectivity index (χ0) is 10.7. The molecule has 0 aromatic carbocycles. The van der Waals surface area contributed by atoms with Crippen molar-refractivity contribution >= 4 is 15.9 Å². The lowest BCUT2D eigenvalue weighted by Gasteiger charge is -2.30. The second kappa shape index (κ2) is 4.82. The predicted molar refractivity (Wildman–Crippen MR) is 60.1 cm³/mol. The van der Waals surface area contributed by atoms with Gasteiger partial charge in [-0.15, -0.1) is 0 Å². The average Bonchev–Trinajstić information content (AvgIpc) is 2.65. The van der Waals surface area contributed by atoms with Gasteiger partial charge in [0.25, 0.3) is 0 Å². The van der Waals surface area contributed by atoms with Crippen molar-refractivity contribution < 1.29 is 4.42 Å². The third-order valence-corrected chi connectivity index (χ3v) is 3.18. The van der Waals surface area contributed by atoms with Crippen LogP contribution in [0.5, 0.6) is 0 Å².